The standard InChI is InChI=1S/C21H33N7O6/c1-11(2)6-14(19(31)28-16(21(33)34)8-17(22)29)26-20(32)15(7-12-9-23-10-25-12)27-18(30)13-4-3-5-24-13/h9-11,13-16,24H,3-8H2,1-2H3,(H2,22,29)(H,23,25)(H,26,32)(H,27,30)(H,28,31)(H,33,34). The van der Waals surface area contributed by atoms with E-state index in [2.05, 4.69) is 31.2 Å². The maximum Gasteiger partial charge on any atom is 0.326 e. The van der Waals surface area contributed by atoms with Crippen molar-refractivity contribution in [2.45, 2.75) is 70.1 Å². The van der Waals surface area contributed by atoms with E-state index in [0.717, 1.165) is 6.42 Å². The summed E-state index contributed by atoms with van der Waals surface area (Å²) >= 11 is 0. The molecule has 4 atom stereocenters. The Kier molecular flexibility index (Phi) is 9.98. The van der Waals surface area contributed by atoms with Crippen LogP contribution in [0.3, 0.4) is 0 Å². The normalized spacial score (nSPS) is 18.0. The summed E-state index contributed by atoms with van der Waals surface area (Å²) in [4.78, 5) is 68.0. The van der Waals surface area contributed by atoms with E-state index >= 15 is 0 Å². The van der Waals surface area contributed by atoms with Gasteiger partial charge >= 0.3 is 5.97 Å². The van der Waals surface area contributed by atoms with Gasteiger partial charge in [-0.2, -0.15) is 0 Å². The molecule has 0 bridgehead atoms. The highest BCUT2D eigenvalue weighted by atomic mass is 16.4. The number of aromatic nitrogens is 2. The third kappa shape index (κ3) is 8.46. The lowest BCUT2D eigenvalue weighted by Gasteiger charge is -2.26. The van der Waals surface area contributed by atoms with Crippen molar-refractivity contribution in [1.29, 1.82) is 0 Å². The molecule has 2 heterocycles. The summed E-state index contributed by atoms with van der Waals surface area (Å²) in [5.74, 6) is -4.04. The van der Waals surface area contributed by atoms with E-state index in [-0.39, 0.29) is 24.7 Å². The summed E-state index contributed by atoms with van der Waals surface area (Å²) in [5.41, 5.74) is 5.68. The van der Waals surface area contributed by atoms with Gasteiger partial charge < -0.3 is 37.1 Å². The van der Waals surface area contributed by atoms with E-state index in [1.165, 1.54) is 12.5 Å². The molecule has 34 heavy (non-hydrogen) atoms. The highest BCUT2D eigenvalue weighted by molar-refractivity contribution is 5.95. The lowest BCUT2D eigenvalue weighted by atomic mass is 10.0. The highest BCUT2D eigenvalue weighted by Gasteiger charge is 2.32. The van der Waals surface area contributed by atoms with Gasteiger partial charge in [-0.15, -0.1) is 0 Å². The average molecular weight is 480 g/mol. The number of carbonyl (C=O) groups excluding carboxylic acids is 4. The van der Waals surface area contributed by atoms with Crippen LogP contribution in [-0.4, -0.2) is 75.4 Å². The minimum Gasteiger partial charge on any atom is -0.480 e. The maximum atomic E-state index is 13.2. The Bertz CT molecular complexity index is 867. The molecule has 1 fully saturated rings. The maximum absolute atomic E-state index is 13.2. The van der Waals surface area contributed by atoms with Crippen LogP contribution in [0.25, 0.3) is 0 Å². The van der Waals surface area contributed by atoms with Gasteiger partial charge in [0.05, 0.1) is 18.8 Å². The molecule has 2 rings (SSSR count). The van der Waals surface area contributed by atoms with Gasteiger partial charge in [0, 0.05) is 18.3 Å². The molecule has 0 aromatic carbocycles. The topological polar surface area (TPSA) is 208 Å². The van der Waals surface area contributed by atoms with Crippen LogP contribution in [0.4, 0.5) is 0 Å². The molecule has 0 spiro atoms. The Morgan fingerprint density at radius 3 is 2.32 bits per heavy atom. The Labute approximate surface area is 197 Å². The van der Waals surface area contributed by atoms with Gasteiger partial charge in [-0.1, -0.05) is 13.8 Å². The van der Waals surface area contributed by atoms with Crippen LogP contribution >= 0.6 is 0 Å². The van der Waals surface area contributed by atoms with Crippen LogP contribution in [0, 0.1) is 5.92 Å². The largest absolute Gasteiger partial charge is 0.480 e. The monoisotopic (exact) mass is 479 g/mol. The molecule has 1 aromatic rings. The molecule has 0 aliphatic carbocycles. The van der Waals surface area contributed by atoms with Gasteiger partial charge in [0.1, 0.15) is 18.1 Å². The Morgan fingerprint density at radius 1 is 1.12 bits per heavy atom. The average Bonchev–Trinajstić information content (AvgIpc) is 3.45. The van der Waals surface area contributed by atoms with E-state index in [4.69, 9.17) is 5.73 Å². The molecule has 1 saturated heterocycles. The first kappa shape index (κ1) is 26.8. The van der Waals surface area contributed by atoms with Crippen LogP contribution in [0.1, 0.15) is 45.2 Å². The van der Waals surface area contributed by atoms with Gasteiger partial charge in [-0.3, -0.25) is 19.2 Å². The van der Waals surface area contributed by atoms with Crippen LogP contribution in [0.2, 0.25) is 0 Å². The summed E-state index contributed by atoms with van der Waals surface area (Å²) in [5, 5.41) is 20.0. The lowest BCUT2D eigenvalue weighted by Crippen LogP contribution is -2.58. The van der Waals surface area contributed by atoms with Crippen molar-refractivity contribution in [3.8, 4) is 0 Å². The van der Waals surface area contributed by atoms with Crippen molar-refractivity contribution in [3.63, 3.8) is 0 Å². The number of carboxylic acids is 1. The Hall–Kier alpha value is -3.48. The van der Waals surface area contributed by atoms with Crippen molar-refractivity contribution in [1.82, 2.24) is 31.2 Å². The second-order valence-electron chi connectivity index (χ2n) is 8.75. The first-order chi connectivity index (χ1) is 16.1. The van der Waals surface area contributed by atoms with Gasteiger partial charge in [0.2, 0.25) is 23.6 Å². The van der Waals surface area contributed by atoms with Gasteiger partial charge in [0.15, 0.2) is 0 Å². The molecule has 4 unspecified atom stereocenters. The van der Waals surface area contributed by atoms with Crippen molar-refractivity contribution in [2.75, 3.05) is 6.54 Å². The number of nitrogens with two attached hydrogens (primary N) is 1. The molecule has 188 valence electrons. The number of carbonyl (C=O) groups is 5. The Balaban J connectivity index is 2.15. The number of carboxylic acid groups (broad SMARTS) is 1. The number of hydrogen-bond acceptors (Lipinski definition) is 7. The summed E-state index contributed by atoms with van der Waals surface area (Å²) in [7, 11) is 0. The van der Waals surface area contributed by atoms with E-state index in [0.29, 0.717) is 18.7 Å². The van der Waals surface area contributed by atoms with E-state index in [1.807, 2.05) is 13.8 Å². The zero-order valence-electron chi connectivity index (χ0n) is 19.3. The van der Waals surface area contributed by atoms with Gasteiger partial charge in [0.25, 0.3) is 0 Å². The number of nitrogens with zero attached hydrogens (tertiary/aromatic N) is 1. The summed E-state index contributed by atoms with van der Waals surface area (Å²) < 4.78 is 0. The van der Waals surface area contributed by atoms with Gasteiger partial charge in [-0.05, 0) is 31.7 Å². The Morgan fingerprint density at radius 2 is 1.79 bits per heavy atom. The number of nitrogens with one attached hydrogen (secondary N) is 5. The summed E-state index contributed by atoms with van der Waals surface area (Å²) in [6.45, 7) is 4.38. The minimum atomic E-state index is -1.52. The minimum absolute atomic E-state index is 0.0289. The lowest BCUT2D eigenvalue weighted by molar-refractivity contribution is -0.143. The number of imidazole rings is 1. The molecule has 0 radical (unpaired) electrons. The molecule has 13 nitrogen and oxygen atoms in total. The first-order valence-corrected chi connectivity index (χ1v) is 11.2. The quantitative estimate of drug-likeness (QED) is 0.171. The number of amides is 4. The zero-order chi connectivity index (χ0) is 25.3. The second-order valence-corrected chi connectivity index (χ2v) is 8.75. The molecular weight excluding hydrogens is 446 g/mol. The number of hydrogen-bond donors (Lipinski definition) is 7. The van der Waals surface area contributed by atoms with Crippen LogP contribution < -0.4 is 27.0 Å². The number of aliphatic carboxylic acids is 1. The molecule has 13 heteroatoms. The third-order valence-corrected chi connectivity index (χ3v) is 5.35. The van der Waals surface area contributed by atoms with E-state index < -0.39 is 54.3 Å². The number of primary amides is 1. The molecule has 8 N–H and O–H groups in total. The molecule has 1 aromatic heterocycles. The van der Waals surface area contributed by atoms with Crippen molar-refractivity contribution >= 4 is 29.6 Å². The zero-order valence-corrected chi connectivity index (χ0v) is 19.3. The van der Waals surface area contributed by atoms with Crippen LogP contribution in [0.15, 0.2) is 12.5 Å². The fourth-order valence-electron chi connectivity index (χ4n) is 3.65. The molecular formula is C21H33N7O6. The van der Waals surface area contributed by atoms with Crippen LogP contribution in [-0.2, 0) is 30.4 Å². The fourth-order valence-corrected chi connectivity index (χ4v) is 3.65. The van der Waals surface area contributed by atoms with Crippen molar-refractivity contribution in [2.24, 2.45) is 11.7 Å². The van der Waals surface area contributed by atoms with Crippen molar-refractivity contribution < 1.29 is 29.1 Å². The molecule has 0 saturated carbocycles. The molecule has 1 aliphatic rings. The first-order valence-electron chi connectivity index (χ1n) is 11.2. The summed E-state index contributed by atoms with van der Waals surface area (Å²) in [6.07, 6.45) is 4.21. The predicted molar refractivity (Wildman–Crippen MR) is 120 cm³/mol. The second kappa shape index (κ2) is 12.7. The highest BCUT2D eigenvalue weighted by Crippen LogP contribution is 2.09. The van der Waals surface area contributed by atoms with E-state index in [9.17, 15) is 29.1 Å². The molecule has 1 aliphatic heterocycles. The SMILES string of the molecule is CC(C)CC(NC(=O)C(Cc1cnc[nH]1)NC(=O)C1CCCN1)C(=O)NC(CC(N)=O)C(=O)O. The van der Waals surface area contributed by atoms with Gasteiger partial charge in [-0.25, -0.2) is 9.78 Å². The van der Waals surface area contributed by atoms with E-state index in [1.54, 1.807) is 0 Å². The van der Waals surface area contributed by atoms with Crippen LogP contribution in [0.5, 0.6) is 0 Å². The fraction of sp³-hybridized carbons (Fsp3) is 0.619. The predicted octanol–water partition coefficient (Wildman–Crippen LogP) is -1.84. The smallest absolute Gasteiger partial charge is 0.326 e. The van der Waals surface area contributed by atoms with Crippen molar-refractivity contribution in [3.05, 3.63) is 18.2 Å². The third-order valence-electron chi connectivity index (χ3n) is 5.35. The molecule has 4 amide bonds. The number of rotatable bonds is 13. The number of H-pyrrole nitrogens is 1. The summed E-state index contributed by atoms with van der Waals surface area (Å²) in [6, 6.07) is -4.02. The number of aromatic amines is 1.